The van der Waals surface area contributed by atoms with E-state index in [0.717, 1.165) is 35.4 Å². The van der Waals surface area contributed by atoms with E-state index >= 15 is 0 Å². The Labute approximate surface area is 165 Å². The molecule has 1 aromatic carbocycles. The van der Waals surface area contributed by atoms with Gasteiger partial charge in [0.05, 0.1) is 5.56 Å². The number of anilines is 1. The van der Waals surface area contributed by atoms with E-state index in [2.05, 4.69) is 37.2 Å². The summed E-state index contributed by atoms with van der Waals surface area (Å²) >= 11 is 11.4. The number of nitrogens with one attached hydrogen (secondary N) is 1. The first-order chi connectivity index (χ1) is 12.0. The Morgan fingerprint density at radius 3 is 2.88 bits per heavy atom. The Bertz CT molecular complexity index is 781. The third-order valence-electron chi connectivity index (χ3n) is 4.11. The maximum Gasteiger partial charge on any atom is 0.258 e. The molecule has 1 saturated heterocycles. The average molecular weight is 441 g/mol. The molecule has 2 heterocycles. The van der Waals surface area contributed by atoms with Crippen LogP contribution in [0.5, 0.6) is 0 Å². The number of benzene rings is 1. The van der Waals surface area contributed by atoms with Crippen LogP contribution in [0.15, 0.2) is 34.9 Å². The van der Waals surface area contributed by atoms with Gasteiger partial charge in [0.1, 0.15) is 5.15 Å². The summed E-state index contributed by atoms with van der Waals surface area (Å²) in [6.07, 6.45) is 1.57. The number of aromatic nitrogens is 1. The van der Waals surface area contributed by atoms with Gasteiger partial charge in [-0.3, -0.25) is 9.69 Å². The summed E-state index contributed by atoms with van der Waals surface area (Å²) in [4.78, 5) is 19.0. The van der Waals surface area contributed by atoms with Crippen molar-refractivity contribution in [3.8, 4) is 0 Å². The Hall–Kier alpha value is -1.08. The third kappa shape index (κ3) is 4.97. The molecule has 1 aliphatic heterocycles. The number of halogens is 2. The second-order valence-electron chi connectivity index (χ2n) is 5.98. The van der Waals surface area contributed by atoms with Crippen LogP contribution in [0.3, 0.4) is 0 Å². The van der Waals surface area contributed by atoms with Gasteiger partial charge in [-0.25, -0.2) is 4.98 Å². The van der Waals surface area contributed by atoms with Crippen LogP contribution in [0.4, 0.5) is 5.69 Å². The van der Waals surface area contributed by atoms with Gasteiger partial charge in [0.25, 0.3) is 5.91 Å². The highest BCUT2D eigenvalue weighted by molar-refractivity contribution is 9.10. The van der Waals surface area contributed by atoms with E-state index in [1.165, 1.54) is 17.1 Å². The summed E-state index contributed by atoms with van der Waals surface area (Å²) in [5.74, 6) is 2.11. The van der Waals surface area contributed by atoms with Crippen LogP contribution in [0, 0.1) is 6.92 Å². The zero-order chi connectivity index (χ0) is 17.8. The molecule has 0 saturated carbocycles. The average Bonchev–Trinajstić information content (AvgIpc) is 2.61. The lowest BCUT2D eigenvalue weighted by molar-refractivity contribution is 0.102. The first kappa shape index (κ1) is 18.7. The lowest BCUT2D eigenvalue weighted by atomic mass is 10.1. The molecule has 3 rings (SSSR count). The van der Waals surface area contributed by atoms with Crippen molar-refractivity contribution in [2.45, 2.75) is 13.5 Å². The lowest BCUT2D eigenvalue weighted by Gasteiger charge is -2.26. The number of pyridine rings is 1. The monoisotopic (exact) mass is 439 g/mol. The van der Waals surface area contributed by atoms with E-state index < -0.39 is 0 Å². The summed E-state index contributed by atoms with van der Waals surface area (Å²) < 4.78 is 0.718. The standard InChI is InChI=1S/C18H19BrClN3OS/c1-12-2-3-13(11-23-4-6-25-7-5-23)8-16(12)22-18(24)15-9-14(19)10-21-17(15)20/h2-3,8-10H,4-7,11H2,1H3,(H,22,24). The second-order valence-corrected chi connectivity index (χ2v) is 8.48. The molecule has 1 aromatic heterocycles. The van der Waals surface area contributed by atoms with Crippen LogP contribution in [0.2, 0.25) is 5.15 Å². The van der Waals surface area contributed by atoms with Crippen LogP contribution in [-0.2, 0) is 6.54 Å². The van der Waals surface area contributed by atoms with Crippen molar-refractivity contribution in [1.29, 1.82) is 0 Å². The Morgan fingerprint density at radius 2 is 2.12 bits per heavy atom. The minimum absolute atomic E-state index is 0.195. The summed E-state index contributed by atoms with van der Waals surface area (Å²) in [7, 11) is 0. The Balaban J connectivity index is 1.76. The number of carbonyl (C=O) groups excluding carboxylic acids is 1. The van der Waals surface area contributed by atoms with Crippen molar-refractivity contribution in [2.24, 2.45) is 0 Å². The number of nitrogens with zero attached hydrogens (tertiary/aromatic N) is 2. The predicted molar refractivity (Wildman–Crippen MR) is 109 cm³/mol. The largest absolute Gasteiger partial charge is 0.322 e. The number of rotatable bonds is 4. The SMILES string of the molecule is Cc1ccc(CN2CCSCC2)cc1NC(=O)c1cc(Br)cnc1Cl. The molecule has 0 bridgehead atoms. The molecule has 0 radical (unpaired) electrons. The zero-order valence-electron chi connectivity index (χ0n) is 13.9. The Kier molecular flexibility index (Phi) is 6.39. The summed E-state index contributed by atoms with van der Waals surface area (Å²) in [5.41, 5.74) is 3.38. The molecule has 132 valence electrons. The molecule has 0 spiro atoms. The second kappa shape index (κ2) is 8.54. The van der Waals surface area contributed by atoms with E-state index in [1.807, 2.05) is 30.8 Å². The maximum absolute atomic E-state index is 12.6. The van der Waals surface area contributed by atoms with E-state index in [1.54, 1.807) is 12.3 Å². The number of carbonyl (C=O) groups is 1. The molecule has 1 N–H and O–H groups in total. The lowest BCUT2D eigenvalue weighted by Crippen LogP contribution is -2.32. The maximum atomic E-state index is 12.6. The quantitative estimate of drug-likeness (QED) is 0.705. The van der Waals surface area contributed by atoms with Crippen molar-refractivity contribution >= 4 is 50.9 Å². The summed E-state index contributed by atoms with van der Waals surface area (Å²) in [6, 6.07) is 7.90. The molecule has 1 amide bonds. The minimum atomic E-state index is -0.256. The number of hydrogen-bond acceptors (Lipinski definition) is 4. The summed E-state index contributed by atoms with van der Waals surface area (Å²) in [5, 5.41) is 3.16. The van der Waals surface area contributed by atoms with Crippen molar-refractivity contribution < 1.29 is 4.79 Å². The van der Waals surface area contributed by atoms with Gasteiger partial charge in [0.15, 0.2) is 0 Å². The third-order valence-corrected chi connectivity index (χ3v) is 5.79. The number of thioether (sulfide) groups is 1. The highest BCUT2D eigenvalue weighted by atomic mass is 79.9. The molecule has 1 aliphatic rings. The first-order valence-corrected chi connectivity index (χ1v) is 10.4. The molecule has 4 nitrogen and oxygen atoms in total. The molecule has 0 unspecified atom stereocenters. The smallest absolute Gasteiger partial charge is 0.258 e. The van der Waals surface area contributed by atoms with Gasteiger partial charge in [-0.1, -0.05) is 23.7 Å². The first-order valence-electron chi connectivity index (χ1n) is 8.05. The summed E-state index contributed by atoms with van der Waals surface area (Å²) in [6.45, 7) is 5.11. The van der Waals surface area contributed by atoms with Gasteiger partial charge >= 0.3 is 0 Å². The number of amides is 1. The van der Waals surface area contributed by atoms with Crippen LogP contribution < -0.4 is 5.32 Å². The molecular weight excluding hydrogens is 422 g/mol. The van der Waals surface area contributed by atoms with E-state index in [0.29, 0.717) is 5.56 Å². The molecular formula is C18H19BrClN3OS. The van der Waals surface area contributed by atoms with Crippen LogP contribution in [-0.4, -0.2) is 40.4 Å². The Morgan fingerprint density at radius 1 is 1.36 bits per heavy atom. The molecule has 7 heteroatoms. The number of aryl methyl sites for hydroxylation is 1. The normalized spacial score (nSPS) is 15.2. The van der Waals surface area contributed by atoms with Gasteiger partial charge in [0, 0.05) is 47.5 Å². The van der Waals surface area contributed by atoms with E-state index in [-0.39, 0.29) is 11.1 Å². The fourth-order valence-corrected chi connectivity index (χ4v) is 4.19. The number of hydrogen-bond donors (Lipinski definition) is 1. The van der Waals surface area contributed by atoms with Crippen molar-refractivity contribution in [3.63, 3.8) is 0 Å². The molecule has 0 aliphatic carbocycles. The highest BCUT2D eigenvalue weighted by Crippen LogP contribution is 2.23. The molecule has 1 fully saturated rings. The van der Waals surface area contributed by atoms with Crippen LogP contribution >= 0.6 is 39.3 Å². The predicted octanol–water partition coefficient (Wildman–Crippen LogP) is 4.61. The highest BCUT2D eigenvalue weighted by Gasteiger charge is 2.15. The topological polar surface area (TPSA) is 45.2 Å². The van der Waals surface area contributed by atoms with Crippen molar-refractivity contribution in [3.05, 3.63) is 56.8 Å². The fourth-order valence-electron chi connectivity index (χ4n) is 2.69. The van der Waals surface area contributed by atoms with Crippen LogP contribution in [0.25, 0.3) is 0 Å². The van der Waals surface area contributed by atoms with Gasteiger partial charge in [-0.05, 0) is 46.1 Å². The molecule has 0 atom stereocenters. The van der Waals surface area contributed by atoms with E-state index in [4.69, 9.17) is 11.6 Å². The van der Waals surface area contributed by atoms with Crippen molar-refractivity contribution in [1.82, 2.24) is 9.88 Å². The minimum Gasteiger partial charge on any atom is -0.322 e. The van der Waals surface area contributed by atoms with Gasteiger partial charge < -0.3 is 5.32 Å². The molecule has 25 heavy (non-hydrogen) atoms. The van der Waals surface area contributed by atoms with E-state index in [9.17, 15) is 4.79 Å². The van der Waals surface area contributed by atoms with Gasteiger partial charge in [-0.15, -0.1) is 0 Å². The zero-order valence-corrected chi connectivity index (χ0v) is 17.0. The fraction of sp³-hybridized carbons (Fsp3) is 0.333. The van der Waals surface area contributed by atoms with Crippen LogP contribution in [0.1, 0.15) is 21.5 Å². The van der Waals surface area contributed by atoms with Gasteiger partial charge in [0.2, 0.25) is 0 Å². The molecule has 2 aromatic rings. The van der Waals surface area contributed by atoms with Gasteiger partial charge in [-0.2, -0.15) is 11.8 Å². The van der Waals surface area contributed by atoms with Crippen molar-refractivity contribution in [2.75, 3.05) is 29.9 Å².